The number of nitrogens with zero attached hydrogens (tertiary/aromatic N) is 2. The lowest BCUT2D eigenvalue weighted by Crippen LogP contribution is -2.19. The van der Waals surface area contributed by atoms with Crippen LogP contribution in [0.5, 0.6) is 11.5 Å². The van der Waals surface area contributed by atoms with Gasteiger partial charge in [-0.05, 0) is 24.3 Å². The molecule has 0 bridgehead atoms. The van der Waals surface area contributed by atoms with Crippen molar-refractivity contribution in [3.05, 3.63) is 47.7 Å². The Morgan fingerprint density at radius 3 is 2.64 bits per heavy atom. The fourth-order valence-corrected chi connectivity index (χ4v) is 2.07. The van der Waals surface area contributed by atoms with Gasteiger partial charge < -0.3 is 19.5 Å². The minimum Gasteiger partial charge on any atom is -0.497 e. The number of ether oxygens (including phenoxy) is 2. The molecule has 0 saturated heterocycles. The van der Waals surface area contributed by atoms with E-state index in [-0.39, 0.29) is 5.69 Å². The molecule has 0 aliphatic carbocycles. The number of methoxy groups -OCH3 is 2. The molecule has 0 amide bonds. The van der Waals surface area contributed by atoms with E-state index in [9.17, 15) is 4.79 Å². The number of pyridine rings is 1. The van der Waals surface area contributed by atoms with Crippen LogP contribution in [-0.2, 0) is 6.54 Å². The largest absolute Gasteiger partial charge is 0.497 e. The second kappa shape index (κ2) is 6.80. The second-order valence-electron chi connectivity index (χ2n) is 4.72. The molecular weight excluding hydrogens is 284 g/mol. The highest BCUT2D eigenvalue weighted by Gasteiger charge is 2.11. The lowest BCUT2D eigenvalue weighted by molar-refractivity contribution is 0.0690. The summed E-state index contributed by atoms with van der Waals surface area (Å²) >= 11 is 0. The van der Waals surface area contributed by atoms with Gasteiger partial charge in [0.25, 0.3) is 0 Å². The van der Waals surface area contributed by atoms with E-state index in [1.165, 1.54) is 6.07 Å². The molecular formula is C16H18N2O4. The minimum absolute atomic E-state index is 0.0195. The van der Waals surface area contributed by atoms with Crippen LogP contribution in [0.2, 0.25) is 0 Å². The molecule has 0 radical (unpaired) electrons. The van der Waals surface area contributed by atoms with Gasteiger partial charge in [0.1, 0.15) is 17.3 Å². The van der Waals surface area contributed by atoms with Gasteiger partial charge in [0.15, 0.2) is 5.69 Å². The number of carbonyl (C=O) groups is 1. The molecule has 116 valence electrons. The minimum atomic E-state index is -1.04. The van der Waals surface area contributed by atoms with Crippen LogP contribution in [0.3, 0.4) is 0 Å². The number of benzene rings is 1. The van der Waals surface area contributed by atoms with E-state index >= 15 is 0 Å². The SMILES string of the molecule is COc1ccc(CN(C)c2cccc(C(=O)O)n2)c(OC)c1. The topological polar surface area (TPSA) is 71.9 Å². The first-order valence-electron chi connectivity index (χ1n) is 6.67. The summed E-state index contributed by atoms with van der Waals surface area (Å²) in [6.45, 7) is 0.531. The quantitative estimate of drug-likeness (QED) is 0.883. The molecule has 0 atom stereocenters. The monoisotopic (exact) mass is 302 g/mol. The zero-order valence-corrected chi connectivity index (χ0v) is 12.7. The Kier molecular flexibility index (Phi) is 4.83. The molecule has 0 fully saturated rings. The smallest absolute Gasteiger partial charge is 0.354 e. The second-order valence-corrected chi connectivity index (χ2v) is 4.72. The molecule has 1 aromatic heterocycles. The van der Waals surface area contributed by atoms with Crippen LogP contribution in [-0.4, -0.2) is 37.3 Å². The Bertz CT molecular complexity index is 673. The van der Waals surface area contributed by atoms with E-state index in [0.717, 1.165) is 5.56 Å². The molecule has 0 spiro atoms. The summed E-state index contributed by atoms with van der Waals surface area (Å²) in [6.07, 6.45) is 0. The number of hydrogen-bond acceptors (Lipinski definition) is 5. The number of aromatic nitrogens is 1. The standard InChI is InChI=1S/C16H18N2O4/c1-18(15-6-4-5-13(17-15)16(19)20)10-11-7-8-12(21-2)9-14(11)22-3/h4-9H,10H2,1-3H3,(H,19,20). The normalized spacial score (nSPS) is 10.1. The highest BCUT2D eigenvalue weighted by Crippen LogP contribution is 2.26. The van der Waals surface area contributed by atoms with Crippen molar-refractivity contribution < 1.29 is 19.4 Å². The first kappa shape index (κ1) is 15.6. The molecule has 0 unspecified atom stereocenters. The van der Waals surface area contributed by atoms with Crippen molar-refractivity contribution in [3.8, 4) is 11.5 Å². The summed E-state index contributed by atoms with van der Waals surface area (Å²) in [5.74, 6) is 0.963. The predicted molar refractivity (Wildman–Crippen MR) is 82.8 cm³/mol. The fourth-order valence-electron chi connectivity index (χ4n) is 2.07. The van der Waals surface area contributed by atoms with Gasteiger partial charge in [-0.3, -0.25) is 0 Å². The van der Waals surface area contributed by atoms with Gasteiger partial charge in [-0.15, -0.1) is 0 Å². The van der Waals surface area contributed by atoms with Gasteiger partial charge >= 0.3 is 5.97 Å². The summed E-state index contributed by atoms with van der Waals surface area (Å²) in [4.78, 5) is 17.0. The number of aromatic carboxylic acids is 1. The first-order chi connectivity index (χ1) is 10.5. The van der Waals surface area contributed by atoms with Crippen molar-refractivity contribution >= 4 is 11.8 Å². The number of hydrogen-bond donors (Lipinski definition) is 1. The fraction of sp³-hybridized carbons (Fsp3) is 0.250. The molecule has 1 heterocycles. The van der Waals surface area contributed by atoms with Crippen LogP contribution in [0.25, 0.3) is 0 Å². The van der Waals surface area contributed by atoms with Gasteiger partial charge in [0.2, 0.25) is 0 Å². The summed E-state index contributed by atoms with van der Waals surface area (Å²) in [5.41, 5.74) is 0.972. The van der Waals surface area contributed by atoms with Crippen LogP contribution in [0.1, 0.15) is 16.1 Å². The van der Waals surface area contributed by atoms with Crippen molar-refractivity contribution in [2.45, 2.75) is 6.54 Å². The number of carboxylic acid groups (broad SMARTS) is 1. The molecule has 2 rings (SSSR count). The summed E-state index contributed by atoms with van der Waals surface area (Å²) in [6, 6.07) is 10.5. The highest BCUT2D eigenvalue weighted by atomic mass is 16.5. The Morgan fingerprint density at radius 1 is 1.23 bits per heavy atom. The van der Waals surface area contributed by atoms with Gasteiger partial charge in [-0.25, -0.2) is 9.78 Å². The summed E-state index contributed by atoms with van der Waals surface area (Å²) in [5, 5.41) is 9.01. The zero-order chi connectivity index (χ0) is 16.1. The zero-order valence-electron chi connectivity index (χ0n) is 12.7. The third-order valence-electron chi connectivity index (χ3n) is 3.25. The van der Waals surface area contributed by atoms with E-state index in [2.05, 4.69) is 4.98 Å². The summed E-state index contributed by atoms with van der Waals surface area (Å²) in [7, 11) is 5.04. The molecule has 1 aromatic carbocycles. The summed E-state index contributed by atoms with van der Waals surface area (Å²) < 4.78 is 10.5. The van der Waals surface area contributed by atoms with Gasteiger partial charge in [-0.2, -0.15) is 0 Å². The molecule has 2 aromatic rings. The maximum atomic E-state index is 11.0. The van der Waals surface area contributed by atoms with Crippen LogP contribution in [0.4, 0.5) is 5.82 Å². The molecule has 1 N–H and O–H groups in total. The molecule has 0 saturated carbocycles. The Hall–Kier alpha value is -2.76. The number of anilines is 1. The molecule has 6 heteroatoms. The first-order valence-corrected chi connectivity index (χ1v) is 6.67. The van der Waals surface area contributed by atoms with Gasteiger partial charge in [0, 0.05) is 25.2 Å². The third-order valence-corrected chi connectivity index (χ3v) is 3.25. The van der Waals surface area contributed by atoms with Gasteiger partial charge in [0.05, 0.1) is 14.2 Å². The van der Waals surface area contributed by atoms with Crippen molar-refractivity contribution in [1.29, 1.82) is 0 Å². The van der Waals surface area contributed by atoms with E-state index in [0.29, 0.717) is 23.9 Å². The molecule has 0 aliphatic heterocycles. The average Bonchev–Trinajstić information content (AvgIpc) is 2.55. The predicted octanol–water partition coefficient (Wildman–Crippen LogP) is 2.43. The maximum Gasteiger partial charge on any atom is 0.354 e. The van der Waals surface area contributed by atoms with Crippen LogP contribution < -0.4 is 14.4 Å². The molecule has 22 heavy (non-hydrogen) atoms. The van der Waals surface area contributed by atoms with Crippen LogP contribution >= 0.6 is 0 Å². The van der Waals surface area contributed by atoms with Crippen molar-refractivity contribution in [2.24, 2.45) is 0 Å². The van der Waals surface area contributed by atoms with Crippen LogP contribution in [0.15, 0.2) is 36.4 Å². The highest BCUT2D eigenvalue weighted by molar-refractivity contribution is 5.85. The average molecular weight is 302 g/mol. The van der Waals surface area contributed by atoms with Crippen molar-refractivity contribution in [2.75, 3.05) is 26.2 Å². The van der Waals surface area contributed by atoms with E-state index in [4.69, 9.17) is 14.6 Å². The molecule has 6 nitrogen and oxygen atoms in total. The molecule has 0 aliphatic rings. The third kappa shape index (κ3) is 3.46. The Balaban J connectivity index is 2.23. The van der Waals surface area contributed by atoms with E-state index < -0.39 is 5.97 Å². The van der Waals surface area contributed by atoms with E-state index in [1.807, 2.05) is 30.1 Å². The number of carboxylic acids is 1. The van der Waals surface area contributed by atoms with Crippen LogP contribution in [0, 0.1) is 0 Å². The van der Waals surface area contributed by atoms with Gasteiger partial charge in [-0.1, -0.05) is 6.07 Å². The lowest BCUT2D eigenvalue weighted by Gasteiger charge is -2.20. The Morgan fingerprint density at radius 2 is 2.00 bits per heavy atom. The van der Waals surface area contributed by atoms with Crippen molar-refractivity contribution in [1.82, 2.24) is 4.98 Å². The Labute approximate surface area is 128 Å². The number of rotatable bonds is 6. The lowest BCUT2D eigenvalue weighted by atomic mass is 10.1. The maximum absolute atomic E-state index is 11.0. The van der Waals surface area contributed by atoms with E-state index in [1.54, 1.807) is 26.4 Å². The van der Waals surface area contributed by atoms with Crippen molar-refractivity contribution in [3.63, 3.8) is 0 Å².